The van der Waals surface area contributed by atoms with Crippen LogP contribution >= 0.6 is 11.6 Å². The molecule has 0 radical (unpaired) electrons. The van der Waals surface area contributed by atoms with Gasteiger partial charge in [-0.15, -0.1) is 0 Å². The Labute approximate surface area is 131 Å². The number of carbonyl (C=O) groups excluding carboxylic acids is 1. The van der Waals surface area contributed by atoms with E-state index in [4.69, 9.17) is 16.3 Å². The maximum atomic E-state index is 12.1. The Hall–Kier alpha value is -1.26. The van der Waals surface area contributed by atoms with Gasteiger partial charge in [-0.05, 0) is 44.5 Å². The largest absolute Gasteiger partial charge is 0.479 e. The summed E-state index contributed by atoms with van der Waals surface area (Å²) in [6.07, 6.45) is 3.98. The SMILES string of the molecule is CNCc1ccc(OC(C)C(=O)NC2CCCC2)c(Cl)c1. The average Bonchev–Trinajstić information content (AvgIpc) is 2.95. The number of amides is 1. The molecule has 1 aromatic carbocycles. The molecule has 1 unspecified atom stereocenters. The molecule has 1 fully saturated rings. The van der Waals surface area contributed by atoms with Crippen molar-refractivity contribution in [3.63, 3.8) is 0 Å². The monoisotopic (exact) mass is 310 g/mol. The van der Waals surface area contributed by atoms with Gasteiger partial charge >= 0.3 is 0 Å². The predicted molar refractivity (Wildman–Crippen MR) is 84.7 cm³/mol. The zero-order valence-electron chi connectivity index (χ0n) is 12.6. The molecule has 4 nitrogen and oxygen atoms in total. The van der Waals surface area contributed by atoms with Crippen LogP contribution in [0.3, 0.4) is 0 Å². The molecule has 1 atom stereocenters. The minimum Gasteiger partial charge on any atom is -0.479 e. The Kier molecular flexibility index (Phi) is 5.88. The molecular formula is C16H23ClN2O2. The fourth-order valence-corrected chi connectivity index (χ4v) is 2.83. The quantitative estimate of drug-likeness (QED) is 0.849. The Balaban J connectivity index is 1.91. The fourth-order valence-electron chi connectivity index (χ4n) is 2.59. The molecule has 0 heterocycles. The first kappa shape index (κ1) is 16.1. The lowest BCUT2D eigenvalue weighted by atomic mass is 10.2. The maximum absolute atomic E-state index is 12.1. The lowest BCUT2D eigenvalue weighted by molar-refractivity contribution is -0.127. The summed E-state index contributed by atoms with van der Waals surface area (Å²) in [5, 5.41) is 6.63. The zero-order chi connectivity index (χ0) is 15.2. The first-order valence-electron chi connectivity index (χ1n) is 7.50. The van der Waals surface area contributed by atoms with Crippen molar-refractivity contribution in [3.8, 4) is 5.75 Å². The van der Waals surface area contributed by atoms with Crippen molar-refractivity contribution in [3.05, 3.63) is 28.8 Å². The van der Waals surface area contributed by atoms with Crippen molar-refractivity contribution in [2.45, 2.75) is 51.3 Å². The third-order valence-electron chi connectivity index (χ3n) is 3.75. The van der Waals surface area contributed by atoms with Crippen LogP contribution in [0.25, 0.3) is 0 Å². The standard InChI is InChI=1S/C16H23ClN2O2/c1-11(16(20)19-13-5-3-4-6-13)21-15-8-7-12(10-18-2)9-14(15)17/h7-9,11,13,18H,3-6,10H2,1-2H3,(H,19,20). The van der Waals surface area contributed by atoms with Gasteiger partial charge in [-0.1, -0.05) is 30.5 Å². The highest BCUT2D eigenvalue weighted by Gasteiger charge is 2.22. The Bertz CT molecular complexity index is 487. The minimum atomic E-state index is -0.543. The summed E-state index contributed by atoms with van der Waals surface area (Å²) in [5.41, 5.74) is 1.08. The molecule has 5 heteroatoms. The highest BCUT2D eigenvalue weighted by Crippen LogP contribution is 2.26. The van der Waals surface area contributed by atoms with E-state index in [1.165, 1.54) is 12.8 Å². The molecule has 0 spiro atoms. The lowest BCUT2D eigenvalue weighted by Gasteiger charge is -2.18. The summed E-state index contributed by atoms with van der Waals surface area (Å²) in [5.74, 6) is 0.475. The third kappa shape index (κ3) is 4.61. The van der Waals surface area contributed by atoms with Crippen molar-refractivity contribution >= 4 is 17.5 Å². The molecule has 1 aliphatic rings. The van der Waals surface area contributed by atoms with Gasteiger partial charge in [-0.2, -0.15) is 0 Å². The molecule has 1 aliphatic carbocycles. The molecule has 0 bridgehead atoms. The minimum absolute atomic E-state index is 0.0720. The van der Waals surface area contributed by atoms with E-state index in [1.54, 1.807) is 6.92 Å². The van der Waals surface area contributed by atoms with Crippen molar-refractivity contribution in [2.24, 2.45) is 0 Å². The first-order chi connectivity index (χ1) is 10.1. The van der Waals surface area contributed by atoms with Gasteiger partial charge in [0.15, 0.2) is 6.10 Å². The summed E-state index contributed by atoms with van der Waals surface area (Å²) in [6.45, 7) is 2.50. The fraction of sp³-hybridized carbons (Fsp3) is 0.562. The van der Waals surface area contributed by atoms with Crippen LogP contribution in [-0.2, 0) is 11.3 Å². The predicted octanol–water partition coefficient (Wildman–Crippen LogP) is 2.89. The van der Waals surface area contributed by atoms with Gasteiger partial charge in [-0.3, -0.25) is 4.79 Å². The van der Waals surface area contributed by atoms with E-state index in [9.17, 15) is 4.79 Å². The third-order valence-corrected chi connectivity index (χ3v) is 4.05. The van der Waals surface area contributed by atoms with Gasteiger partial charge in [0, 0.05) is 12.6 Å². The van der Waals surface area contributed by atoms with Crippen molar-refractivity contribution < 1.29 is 9.53 Å². The molecule has 1 aromatic rings. The van der Waals surface area contributed by atoms with Crippen molar-refractivity contribution in [1.82, 2.24) is 10.6 Å². The molecule has 2 N–H and O–H groups in total. The van der Waals surface area contributed by atoms with Gasteiger partial charge in [-0.25, -0.2) is 0 Å². The van der Waals surface area contributed by atoms with E-state index in [0.717, 1.165) is 24.9 Å². The van der Waals surface area contributed by atoms with Gasteiger partial charge in [0.2, 0.25) is 0 Å². The highest BCUT2D eigenvalue weighted by atomic mass is 35.5. The van der Waals surface area contributed by atoms with E-state index in [2.05, 4.69) is 10.6 Å². The van der Waals surface area contributed by atoms with E-state index in [0.29, 0.717) is 16.8 Å². The highest BCUT2D eigenvalue weighted by molar-refractivity contribution is 6.32. The molecule has 116 valence electrons. The summed E-state index contributed by atoms with van der Waals surface area (Å²) < 4.78 is 5.69. The molecule has 0 saturated heterocycles. The van der Waals surface area contributed by atoms with Crippen LogP contribution < -0.4 is 15.4 Å². The molecule has 0 aliphatic heterocycles. The molecule has 1 saturated carbocycles. The number of carbonyl (C=O) groups is 1. The normalized spacial score (nSPS) is 16.7. The van der Waals surface area contributed by atoms with Gasteiger partial charge in [0.25, 0.3) is 5.91 Å². The topological polar surface area (TPSA) is 50.4 Å². The number of hydrogen-bond donors (Lipinski definition) is 2. The molecular weight excluding hydrogens is 288 g/mol. The number of rotatable bonds is 6. The Morgan fingerprint density at radius 2 is 2.14 bits per heavy atom. The van der Waals surface area contributed by atoms with E-state index in [-0.39, 0.29) is 5.91 Å². The number of ether oxygens (including phenoxy) is 1. The van der Waals surface area contributed by atoms with Crippen LogP contribution in [0, 0.1) is 0 Å². The smallest absolute Gasteiger partial charge is 0.260 e. The summed E-state index contributed by atoms with van der Waals surface area (Å²) >= 11 is 6.20. The van der Waals surface area contributed by atoms with Crippen LogP contribution in [0.15, 0.2) is 18.2 Å². The van der Waals surface area contributed by atoms with Crippen LogP contribution in [0.4, 0.5) is 0 Å². The Morgan fingerprint density at radius 1 is 1.43 bits per heavy atom. The second-order valence-electron chi connectivity index (χ2n) is 5.55. The summed E-state index contributed by atoms with van der Waals surface area (Å²) in [4.78, 5) is 12.1. The van der Waals surface area contributed by atoms with Gasteiger partial charge in [0.1, 0.15) is 5.75 Å². The number of benzene rings is 1. The second kappa shape index (κ2) is 7.66. The first-order valence-corrected chi connectivity index (χ1v) is 7.88. The lowest BCUT2D eigenvalue weighted by Crippen LogP contribution is -2.41. The molecule has 2 rings (SSSR count). The summed E-state index contributed by atoms with van der Waals surface area (Å²) in [6, 6.07) is 5.92. The average molecular weight is 311 g/mol. The number of nitrogens with one attached hydrogen (secondary N) is 2. The van der Waals surface area contributed by atoms with Crippen LogP contribution in [-0.4, -0.2) is 25.1 Å². The van der Waals surface area contributed by atoms with E-state index >= 15 is 0 Å². The van der Waals surface area contributed by atoms with Crippen LogP contribution in [0.1, 0.15) is 38.2 Å². The maximum Gasteiger partial charge on any atom is 0.260 e. The Morgan fingerprint density at radius 3 is 2.76 bits per heavy atom. The number of hydrogen-bond acceptors (Lipinski definition) is 3. The summed E-state index contributed by atoms with van der Waals surface area (Å²) in [7, 11) is 1.88. The zero-order valence-corrected chi connectivity index (χ0v) is 13.4. The van der Waals surface area contributed by atoms with Crippen molar-refractivity contribution in [2.75, 3.05) is 7.05 Å². The molecule has 21 heavy (non-hydrogen) atoms. The molecule has 0 aromatic heterocycles. The van der Waals surface area contributed by atoms with E-state index in [1.807, 2.05) is 25.2 Å². The number of halogens is 1. The second-order valence-corrected chi connectivity index (χ2v) is 5.95. The van der Waals surface area contributed by atoms with Crippen LogP contribution in [0.5, 0.6) is 5.75 Å². The van der Waals surface area contributed by atoms with Crippen molar-refractivity contribution in [1.29, 1.82) is 0 Å². The van der Waals surface area contributed by atoms with Gasteiger partial charge in [0.05, 0.1) is 5.02 Å². The van der Waals surface area contributed by atoms with E-state index < -0.39 is 6.10 Å². The van der Waals surface area contributed by atoms with Crippen LogP contribution in [0.2, 0.25) is 5.02 Å². The van der Waals surface area contributed by atoms with Gasteiger partial charge < -0.3 is 15.4 Å². The molecule has 1 amide bonds.